The number of hydrogen-bond donors (Lipinski definition) is 2. The topological polar surface area (TPSA) is 66.4 Å². The third-order valence-corrected chi connectivity index (χ3v) is 6.07. The first kappa shape index (κ1) is 16.5. The maximum Gasteiger partial charge on any atom is 0.240 e. The van der Waals surface area contributed by atoms with Crippen LogP contribution in [-0.2, 0) is 10.0 Å². The Morgan fingerprint density at radius 2 is 2.00 bits per heavy atom. The zero-order chi connectivity index (χ0) is 15.7. The van der Waals surface area contributed by atoms with Crippen molar-refractivity contribution in [3.8, 4) is 0 Å². The second-order valence-corrected chi connectivity index (χ2v) is 8.11. The summed E-state index contributed by atoms with van der Waals surface area (Å²) in [6.45, 7) is 6.64. The summed E-state index contributed by atoms with van der Waals surface area (Å²) in [5, 5.41) is 9.85. The van der Waals surface area contributed by atoms with Crippen molar-refractivity contribution in [1.82, 2.24) is 4.72 Å². The molecule has 1 aromatic rings. The van der Waals surface area contributed by atoms with Crippen molar-refractivity contribution < 1.29 is 13.5 Å². The van der Waals surface area contributed by atoms with Crippen LogP contribution in [0, 0.1) is 11.3 Å². The maximum absolute atomic E-state index is 12.4. The summed E-state index contributed by atoms with van der Waals surface area (Å²) in [5.74, 6) is 0.480. The minimum Gasteiger partial charge on any atom is -0.388 e. The number of nitrogens with one attached hydrogen (secondary N) is 1. The molecule has 21 heavy (non-hydrogen) atoms. The average Bonchev–Trinajstić information content (AvgIpc) is 3.26. The molecule has 0 aromatic heterocycles. The Balaban J connectivity index is 2.13. The summed E-state index contributed by atoms with van der Waals surface area (Å²) in [6, 6.07) is 6.57. The van der Waals surface area contributed by atoms with Crippen LogP contribution in [0.5, 0.6) is 0 Å². The van der Waals surface area contributed by atoms with Crippen LogP contribution >= 0.6 is 0 Å². The highest BCUT2D eigenvalue weighted by Crippen LogP contribution is 2.51. The van der Waals surface area contributed by atoms with E-state index in [1.807, 2.05) is 6.92 Å². The van der Waals surface area contributed by atoms with Crippen LogP contribution < -0.4 is 4.72 Å². The molecule has 1 unspecified atom stereocenters. The molecule has 1 aliphatic carbocycles. The molecule has 1 saturated carbocycles. The van der Waals surface area contributed by atoms with Gasteiger partial charge in [0.15, 0.2) is 0 Å². The SMILES string of the molecule is CCC(O)c1cccc(S(=O)(=O)NCC2(C(C)C)CC2)c1. The van der Waals surface area contributed by atoms with Gasteiger partial charge < -0.3 is 5.11 Å². The molecule has 4 nitrogen and oxygen atoms in total. The van der Waals surface area contributed by atoms with E-state index in [0.717, 1.165) is 12.8 Å². The third kappa shape index (κ3) is 3.65. The molecule has 0 aliphatic heterocycles. The molecule has 0 amide bonds. The van der Waals surface area contributed by atoms with E-state index in [2.05, 4.69) is 18.6 Å². The number of aliphatic hydroxyl groups excluding tert-OH is 1. The van der Waals surface area contributed by atoms with Gasteiger partial charge in [0, 0.05) is 6.54 Å². The van der Waals surface area contributed by atoms with Crippen molar-refractivity contribution >= 4 is 10.0 Å². The van der Waals surface area contributed by atoms with Crippen LogP contribution in [0.4, 0.5) is 0 Å². The Hall–Kier alpha value is -0.910. The second-order valence-electron chi connectivity index (χ2n) is 6.34. The molecule has 2 rings (SSSR count). The first-order valence-corrected chi connectivity index (χ1v) is 9.07. The van der Waals surface area contributed by atoms with Crippen molar-refractivity contribution in [3.63, 3.8) is 0 Å². The normalized spacial score (nSPS) is 18.7. The van der Waals surface area contributed by atoms with E-state index >= 15 is 0 Å². The number of aliphatic hydroxyl groups is 1. The van der Waals surface area contributed by atoms with Crippen LogP contribution in [0.2, 0.25) is 0 Å². The van der Waals surface area contributed by atoms with E-state index in [1.165, 1.54) is 0 Å². The van der Waals surface area contributed by atoms with Crippen molar-refractivity contribution in [2.45, 2.75) is 51.0 Å². The first-order chi connectivity index (χ1) is 9.81. The van der Waals surface area contributed by atoms with Crippen molar-refractivity contribution in [2.24, 2.45) is 11.3 Å². The highest BCUT2D eigenvalue weighted by Gasteiger charge is 2.45. The molecule has 0 spiro atoms. The highest BCUT2D eigenvalue weighted by molar-refractivity contribution is 7.89. The predicted molar refractivity (Wildman–Crippen MR) is 83.4 cm³/mol. The Bertz CT molecular complexity index is 591. The van der Waals surface area contributed by atoms with Crippen molar-refractivity contribution in [2.75, 3.05) is 6.54 Å². The van der Waals surface area contributed by atoms with E-state index in [-0.39, 0.29) is 10.3 Å². The van der Waals surface area contributed by atoms with E-state index in [9.17, 15) is 13.5 Å². The lowest BCUT2D eigenvalue weighted by molar-refractivity contribution is 0.173. The van der Waals surface area contributed by atoms with Gasteiger partial charge in [-0.15, -0.1) is 0 Å². The Kier molecular flexibility index (Phi) is 4.76. The third-order valence-electron chi connectivity index (χ3n) is 4.67. The van der Waals surface area contributed by atoms with Gasteiger partial charge in [-0.25, -0.2) is 13.1 Å². The van der Waals surface area contributed by atoms with Gasteiger partial charge in [-0.05, 0) is 48.3 Å². The number of benzene rings is 1. The van der Waals surface area contributed by atoms with Crippen LogP contribution in [-0.4, -0.2) is 20.1 Å². The summed E-state index contributed by atoms with van der Waals surface area (Å²) in [6.07, 6.45) is 2.11. The van der Waals surface area contributed by atoms with Crippen LogP contribution in [0.1, 0.15) is 51.7 Å². The molecular weight excluding hydrogens is 286 g/mol. The largest absolute Gasteiger partial charge is 0.388 e. The van der Waals surface area contributed by atoms with Gasteiger partial charge in [-0.1, -0.05) is 32.9 Å². The molecule has 1 atom stereocenters. The monoisotopic (exact) mass is 311 g/mol. The summed E-state index contributed by atoms with van der Waals surface area (Å²) in [5.41, 5.74) is 0.776. The summed E-state index contributed by atoms with van der Waals surface area (Å²) < 4.78 is 27.5. The van der Waals surface area contributed by atoms with Crippen molar-refractivity contribution in [1.29, 1.82) is 0 Å². The zero-order valence-corrected chi connectivity index (χ0v) is 13.8. The van der Waals surface area contributed by atoms with Gasteiger partial charge in [0.1, 0.15) is 0 Å². The van der Waals surface area contributed by atoms with E-state index in [4.69, 9.17) is 0 Å². The standard InChI is InChI=1S/C16H25NO3S/c1-4-15(18)13-6-5-7-14(10-13)21(19,20)17-11-16(8-9-16)12(2)3/h5-7,10,12,15,17-18H,4,8-9,11H2,1-3H3. The molecule has 0 heterocycles. The molecule has 1 aliphatic rings. The summed E-state index contributed by atoms with van der Waals surface area (Å²) in [4.78, 5) is 0.229. The maximum atomic E-state index is 12.4. The van der Waals surface area contributed by atoms with Crippen LogP contribution in [0.3, 0.4) is 0 Å². The van der Waals surface area contributed by atoms with Gasteiger partial charge in [0.25, 0.3) is 0 Å². The Labute approximate surface area is 127 Å². The van der Waals surface area contributed by atoms with Gasteiger partial charge in [-0.3, -0.25) is 0 Å². The van der Waals surface area contributed by atoms with Crippen LogP contribution in [0.15, 0.2) is 29.2 Å². The Morgan fingerprint density at radius 1 is 1.33 bits per heavy atom. The quantitative estimate of drug-likeness (QED) is 0.813. The fourth-order valence-electron chi connectivity index (χ4n) is 2.57. The number of rotatable bonds is 7. The molecule has 1 aromatic carbocycles. The lowest BCUT2D eigenvalue weighted by atomic mass is 9.93. The summed E-state index contributed by atoms with van der Waals surface area (Å²) in [7, 11) is -3.51. The van der Waals surface area contributed by atoms with Crippen molar-refractivity contribution in [3.05, 3.63) is 29.8 Å². The fourth-order valence-corrected chi connectivity index (χ4v) is 3.76. The lowest BCUT2D eigenvalue weighted by Crippen LogP contribution is -2.32. The molecule has 2 N–H and O–H groups in total. The van der Waals surface area contributed by atoms with Gasteiger partial charge >= 0.3 is 0 Å². The molecule has 1 fully saturated rings. The molecular formula is C16H25NO3S. The Morgan fingerprint density at radius 3 is 2.52 bits per heavy atom. The van der Waals surface area contributed by atoms with Crippen LogP contribution in [0.25, 0.3) is 0 Å². The van der Waals surface area contributed by atoms with E-state index < -0.39 is 16.1 Å². The molecule has 0 radical (unpaired) electrons. The first-order valence-electron chi connectivity index (χ1n) is 7.58. The number of sulfonamides is 1. The minimum absolute atomic E-state index is 0.133. The van der Waals surface area contributed by atoms with Gasteiger partial charge in [0.05, 0.1) is 11.0 Å². The smallest absolute Gasteiger partial charge is 0.240 e. The molecule has 118 valence electrons. The van der Waals surface area contributed by atoms with E-state index in [1.54, 1.807) is 24.3 Å². The number of hydrogen-bond acceptors (Lipinski definition) is 3. The predicted octanol–water partition coefficient (Wildman–Crippen LogP) is 2.84. The highest BCUT2D eigenvalue weighted by atomic mass is 32.2. The van der Waals surface area contributed by atoms with Gasteiger partial charge in [0.2, 0.25) is 10.0 Å². The zero-order valence-electron chi connectivity index (χ0n) is 13.0. The molecule has 0 bridgehead atoms. The van der Waals surface area contributed by atoms with E-state index in [0.29, 0.717) is 24.4 Å². The average molecular weight is 311 g/mol. The minimum atomic E-state index is -3.51. The molecule has 5 heteroatoms. The fraction of sp³-hybridized carbons (Fsp3) is 0.625. The second kappa shape index (κ2) is 6.07. The lowest BCUT2D eigenvalue weighted by Gasteiger charge is -2.20. The van der Waals surface area contributed by atoms with Gasteiger partial charge in [-0.2, -0.15) is 0 Å². The summed E-state index contributed by atoms with van der Waals surface area (Å²) >= 11 is 0. The molecule has 0 saturated heterocycles.